The third-order valence-electron chi connectivity index (χ3n) is 1.06. The largest absolute Gasteiger partial charge is 1.00 e. The molecule has 1 N–H and O–H groups in total. The number of aromatic nitrogens is 2. The number of nitrogens with zero attached hydrogens (tertiary/aromatic N) is 1. The van der Waals surface area contributed by atoms with Crippen molar-refractivity contribution in [2.45, 2.75) is 5.16 Å². The summed E-state index contributed by atoms with van der Waals surface area (Å²) in [5.74, 6) is 0. The topological polar surface area (TPSA) is 45.8 Å². The maximum Gasteiger partial charge on any atom is 1.00 e. The van der Waals surface area contributed by atoms with Crippen LogP contribution >= 0.6 is 11.8 Å². The minimum absolute atomic E-state index is 0. The second kappa shape index (κ2) is 6.34. The summed E-state index contributed by atoms with van der Waals surface area (Å²) in [6, 6.07) is 1.14. The molecule has 14 heavy (non-hydrogen) atoms. The summed E-state index contributed by atoms with van der Waals surface area (Å²) < 4.78 is 35.3. The molecular weight excluding hydrogens is 243 g/mol. The number of aromatic amines is 1. The Bertz CT molecular complexity index is 344. The van der Waals surface area contributed by atoms with E-state index in [1.807, 2.05) is 0 Å². The van der Waals surface area contributed by atoms with Crippen molar-refractivity contribution in [1.82, 2.24) is 9.97 Å². The molecule has 9 heteroatoms. The van der Waals surface area contributed by atoms with E-state index in [0.717, 1.165) is 6.07 Å². The van der Waals surface area contributed by atoms with Crippen LogP contribution in [0.4, 0.5) is 12.9 Å². The van der Waals surface area contributed by atoms with Crippen LogP contribution in [-0.4, -0.2) is 22.6 Å². The molecule has 1 heterocycles. The first-order chi connectivity index (χ1) is 5.97. The van der Waals surface area contributed by atoms with Gasteiger partial charge in [-0.25, -0.2) is 4.98 Å². The van der Waals surface area contributed by atoms with E-state index in [0.29, 0.717) is 11.8 Å². The van der Waals surface area contributed by atoms with Crippen molar-refractivity contribution in [3.63, 3.8) is 0 Å². The Kier molecular flexibility index (Phi) is 6.66. The van der Waals surface area contributed by atoms with Gasteiger partial charge in [0.2, 0.25) is 0 Å². The van der Waals surface area contributed by atoms with Crippen LogP contribution < -0.4 is 56.9 Å². The number of nitrogens with one attached hydrogen (secondary N) is 1. The predicted molar refractivity (Wildman–Crippen MR) is 44.7 cm³/mol. The Balaban J connectivity index is 0.00000169. The Hall–Kier alpha value is 0.721. The molecule has 3 nitrogen and oxygen atoms in total. The number of halogens is 3. The fourth-order valence-corrected chi connectivity index (χ4v) is 1.25. The van der Waals surface area contributed by atoms with E-state index in [4.69, 9.17) is 0 Å². The smallest absolute Gasteiger partial charge is 0.448 e. The van der Waals surface area contributed by atoms with E-state index in [9.17, 15) is 17.7 Å². The second-order valence-electron chi connectivity index (χ2n) is 2.26. The minimum Gasteiger partial charge on any atom is -0.448 e. The summed E-state index contributed by atoms with van der Waals surface area (Å²) in [6.45, 7) is -4.84. The fourth-order valence-electron chi connectivity index (χ4n) is 0.599. The van der Waals surface area contributed by atoms with Crippen molar-refractivity contribution >= 4 is 18.7 Å². The molecule has 0 saturated heterocycles. The van der Waals surface area contributed by atoms with Crippen molar-refractivity contribution in [3.05, 3.63) is 22.6 Å². The first-order valence-corrected chi connectivity index (χ1v) is 4.35. The summed E-state index contributed by atoms with van der Waals surface area (Å²) >= 11 is 0.478. The van der Waals surface area contributed by atoms with Gasteiger partial charge in [-0.1, -0.05) is 0 Å². The summed E-state index contributed by atoms with van der Waals surface area (Å²) in [4.78, 5) is 16.4. The summed E-state index contributed by atoms with van der Waals surface area (Å²) in [6.07, 6.45) is 1.17. The maximum absolute atomic E-state index is 11.8. The molecule has 0 radical (unpaired) electrons. The Morgan fingerprint density at radius 3 is 2.64 bits per heavy atom. The van der Waals surface area contributed by atoms with Crippen LogP contribution in [0.15, 0.2) is 22.2 Å². The molecule has 1 aromatic heterocycles. The predicted octanol–water partition coefficient (Wildman–Crippen LogP) is -1.75. The van der Waals surface area contributed by atoms with E-state index >= 15 is 0 Å². The van der Waals surface area contributed by atoms with E-state index < -0.39 is 18.2 Å². The zero-order chi connectivity index (χ0) is 9.90. The van der Waals surface area contributed by atoms with E-state index in [1.165, 1.54) is 6.20 Å². The molecule has 1 aromatic rings. The summed E-state index contributed by atoms with van der Waals surface area (Å²) in [7, 11) is 0. The molecule has 0 aliphatic heterocycles. The maximum atomic E-state index is 11.8. The summed E-state index contributed by atoms with van der Waals surface area (Å²) in [5, 5.41) is -0.00769. The number of thioether (sulfide) groups is 1. The van der Waals surface area contributed by atoms with Gasteiger partial charge in [0.1, 0.15) is 0 Å². The first-order valence-electron chi connectivity index (χ1n) is 3.36. The normalized spacial score (nSPS) is 10.8. The quantitative estimate of drug-likeness (QED) is 0.392. The Labute approximate surface area is 125 Å². The minimum atomic E-state index is -4.84. The van der Waals surface area contributed by atoms with Crippen molar-refractivity contribution in [3.8, 4) is 0 Å². The molecule has 0 amide bonds. The molecule has 0 saturated carbocycles. The van der Waals surface area contributed by atoms with Gasteiger partial charge in [-0.15, -0.1) is 11.8 Å². The standard InChI is InChI=1S/C5H5BF3N2OS.K/c7-6(8,9)3-13-5-10-2-1-4(12)11-5;/h1-2H,3H2,(H,10,11,12);/q-1;+1. The number of hydrogen-bond acceptors (Lipinski definition) is 3. The number of rotatable bonds is 3. The van der Waals surface area contributed by atoms with E-state index in [2.05, 4.69) is 9.97 Å². The molecular formula is C5H5BF3KN2OS. The molecule has 0 aliphatic carbocycles. The Morgan fingerprint density at radius 1 is 1.50 bits per heavy atom. The molecule has 0 bridgehead atoms. The van der Waals surface area contributed by atoms with E-state index in [1.54, 1.807) is 0 Å². The molecule has 72 valence electrons. The number of hydrogen-bond donors (Lipinski definition) is 1. The van der Waals surface area contributed by atoms with Crippen LogP contribution in [0.2, 0.25) is 0 Å². The third-order valence-corrected chi connectivity index (χ3v) is 2.08. The molecule has 0 aromatic carbocycles. The zero-order valence-corrected chi connectivity index (χ0v) is 11.3. The molecule has 0 fully saturated rings. The van der Waals surface area contributed by atoms with Gasteiger partial charge in [0.05, 0.1) is 0 Å². The second-order valence-corrected chi connectivity index (χ2v) is 3.27. The van der Waals surface area contributed by atoms with Gasteiger partial charge in [0, 0.05) is 12.3 Å². The van der Waals surface area contributed by atoms with Crippen LogP contribution in [0.3, 0.4) is 0 Å². The van der Waals surface area contributed by atoms with Gasteiger partial charge >= 0.3 is 58.4 Å². The van der Waals surface area contributed by atoms with Crippen molar-refractivity contribution in [2.24, 2.45) is 0 Å². The van der Waals surface area contributed by atoms with Gasteiger partial charge in [-0.2, -0.15) is 0 Å². The van der Waals surface area contributed by atoms with Crippen LogP contribution in [0, 0.1) is 0 Å². The zero-order valence-electron chi connectivity index (χ0n) is 7.34. The average molecular weight is 248 g/mol. The van der Waals surface area contributed by atoms with Crippen molar-refractivity contribution < 1.29 is 64.3 Å². The van der Waals surface area contributed by atoms with Crippen molar-refractivity contribution in [1.29, 1.82) is 0 Å². The molecule has 0 atom stereocenters. The van der Waals surface area contributed by atoms with Gasteiger partial charge in [-0.3, -0.25) is 4.79 Å². The molecule has 0 unspecified atom stereocenters. The van der Waals surface area contributed by atoms with Crippen LogP contribution in [-0.2, 0) is 0 Å². The fraction of sp³-hybridized carbons (Fsp3) is 0.200. The number of H-pyrrole nitrogens is 1. The van der Waals surface area contributed by atoms with Crippen molar-refractivity contribution in [2.75, 3.05) is 5.65 Å². The molecule has 0 aliphatic rings. The molecule has 1 rings (SSSR count). The summed E-state index contributed by atoms with van der Waals surface area (Å²) in [5.41, 5.74) is -1.44. The monoisotopic (exact) mass is 248 g/mol. The van der Waals surface area contributed by atoms with Crippen LogP contribution in [0.5, 0.6) is 0 Å². The average Bonchev–Trinajstić information content (AvgIpc) is 2.00. The van der Waals surface area contributed by atoms with Gasteiger partial charge < -0.3 is 17.9 Å². The molecule has 0 spiro atoms. The van der Waals surface area contributed by atoms with Gasteiger partial charge in [-0.05, 0) is 5.65 Å². The van der Waals surface area contributed by atoms with Gasteiger partial charge in [0.25, 0.3) is 5.56 Å². The SMILES string of the molecule is O=c1ccnc(SC[B-](F)(F)F)[nH]1.[K+]. The third kappa shape index (κ3) is 6.25. The van der Waals surface area contributed by atoms with Gasteiger partial charge in [0.15, 0.2) is 5.16 Å². The van der Waals surface area contributed by atoms with Crippen LogP contribution in [0.1, 0.15) is 0 Å². The van der Waals surface area contributed by atoms with E-state index in [-0.39, 0.29) is 56.5 Å². The van der Waals surface area contributed by atoms with Crippen LogP contribution in [0.25, 0.3) is 0 Å². The first kappa shape index (κ1) is 14.7. The Morgan fingerprint density at radius 2 is 2.14 bits per heavy atom.